The third-order valence-corrected chi connectivity index (χ3v) is 7.61. The largest absolute Gasteiger partial charge is 0.368 e. The zero-order valence-corrected chi connectivity index (χ0v) is 18.9. The monoisotopic (exact) mass is 432 g/mol. The normalized spacial score (nSPS) is 19.4. The molecule has 160 valence electrons. The molecular formula is C25H28N4OS. The SMILES string of the molecule is Cc1cccc(NC[C@@H]2CC3(CCN2C(=O)c2nc(C)sc2-c2ccccc2)CC3)n1. The molecule has 1 N–H and O–H groups in total. The molecule has 1 aliphatic carbocycles. The number of hydrogen-bond donors (Lipinski definition) is 1. The Morgan fingerprint density at radius 3 is 2.65 bits per heavy atom. The van der Waals surface area contributed by atoms with Gasteiger partial charge in [-0.05, 0) is 62.6 Å². The van der Waals surface area contributed by atoms with E-state index in [2.05, 4.69) is 32.3 Å². The van der Waals surface area contributed by atoms with Crippen molar-refractivity contribution in [1.82, 2.24) is 14.9 Å². The van der Waals surface area contributed by atoms with Crippen LogP contribution in [0, 0.1) is 19.3 Å². The number of amides is 1. The van der Waals surface area contributed by atoms with Crippen LogP contribution >= 0.6 is 11.3 Å². The Balaban J connectivity index is 1.40. The summed E-state index contributed by atoms with van der Waals surface area (Å²) in [6, 6.07) is 16.3. The Morgan fingerprint density at radius 2 is 1.90 bits per heavy atom. The van der Waals surface area contributed by atoms with Crippen molar-refractivity contribution < 1.29 is 4.79 Å². The van der Waals surface area contributed by atoms with Crippen molar-refractivity contribution in [2.45, 2.75) is 45.6 Å². The van der Waals surface area contributed by atoms with Crippen molar-refractivity contribution in [3.05, 3.63) is 64.9 Å². The average molecular weight is 433 g/mol. The molecular weight excluding hydrogens is 404 g/mol. The van der Waals surface area contributed by atoms with E-state index in [1.165, 1.54) is 12.8 Å². The van der Waals surface area contributed by atoms with Crippen LogP contribution < -0.4 is 5.32 Å². The summed E-state index contributed by atoms with van der Waals surface area (Å²) in [5.74, 6) is 0.931. The minimum Gasteiger partial charge on any atom is -0.368 e. The Kier molecular flexibility index (Phi) is 5.26. The van der Waals surface area contributed by atoms with Crippen LogP contribution in [0.2, 0.25) is 0 Å². The third-order valence-electron chi connectivity index (χ3n) is 6.59. The number of carbonyl (C=O) groups is 1. The molecule has 0 unspecified atom stereocenters. The lowest BCUT2D eigenvalue weighted by molar-refractivity contribution is 0.0541. The molecule has 5 rings (SSSR count). The van der Waals surface area contributed by atoms with Gasteiger partial charge in [-0.2, -0.15) is 0 Å². The van der Waals surface area contributed by atoms with Gasteiger partial charge in [-0.1, -0.05) is 36.4 Å². The first-order chi connectivity index (χ1) is 15.0. The number of piperidine rings is 1. The predicted octanol–water partition coefficient (Wildman–Crippen LogP) is 5.32. The third kappa shape index (κ3) is 4.22. The smallest absolute Gasteiger partial charge is 0.274 e. The number of rotatable bonds is 5. The molecule has 1 saturated carbocycles. The number of nitrogens with one attached hydrogen (secondary N) is 1. The Morgan fingerprint density at radius 1 is 1.10 bits per heavy atom. The van der Waals surface area contributed by atoms with Gasteiger partial charge in [-0.15, -0.1) is 11.3 Å². The standard InChI is InChI=1S/C25H28N4OS/c1-17-7-6-10-21(27-17)26-16-20-15-25(11-12-25)13-14-29(20)24(30)22-23(31-18(2)28-22)19-8-4-3-5-9-19/h3-10,20H,11-16H2,1-2H3,(H,26,27)/t20-/m0/s1. The highest BCUT2D eigenvalue weighted by molar-refractivity contribution is 7.15. The number of benzene rings is 1. The van der Waals surface area contributed by atoms with Crippen molar-refractivity contribution in [2.75, 3.05) is 18.4 Å². The molecule has 1 spiro atoms. The zero-order valence-electron chi connectivity index (χ0n) is 18.1. The highest BCUT2D eigenvalue weighted by atomic mass is 32.1. The first-order valence-electron chi connectivity index (χ1n) is 11.0. The van der Waals surface area contributed by atoms with Crippen molar-refractivity contribution in [1.29, 1.82) is 0 Å². The Bertz CT molecular complexity index is 1090. The topological polar surface area (TPSA) is 58.1 Å². The maximum Gasteiger partial charge on any atom is 0.274 e. The molecule has 5 nitrogen and oxygen atoms in total. The lowest BCUT2D eigenvalue weighted by atomic mass is 9.87. The van der Waals surface area contributed by atoms with Crippen LogP contribution in [0.15, 0.2) is 48.5 Å². The highest BCUT2D eigenvalue weighted by Crippen LogP contribution is 2.55. The number of pyridine rings is 1. The van der Waals surface area contributed by atoms with Crippen LogP contribution in [-0.4, -0.2) is 39.9 Å². The summed E-state index contributed by atoms with van der Waals surface area (Å²) in [5.41, 5.74) is 3.10. The first-order valence-corrected chi connectivity index (χ1v) is 11.9. The maximum atomic E-state index is 13.7. The van der Waals surface area contributed by atoms with Gasteiger partial charge in [0.15, 0.2) is 0 Å². The fourth-order valence-corrected chi connectivity index (χ4v) is 5.61. The summed E-state index contributed by atoms with van der Waals surface area (Å²) in [4.78, 5) is 26.0. The molecule has 6 heteroatoms. The molecule has 3 aromatic rings. The number of nitrogens with zero attached hydrogens (tertiary/aromatic N) is 3. The van der Waals surface area contributed by atoms with E-state index in [-0.39, 0.29) is 11.9 Å². The summed E-state index contributed by atoms with van der Waals surface area (Å²) >= 11 is 1.60. The second kappa shape index (κ2) is 8.08. The van der Waals surface area contributed by atoms with E-state index < -0.39 is 0 Å². The van der Waals surface area contributed by atoms with Gasteiger partial charge in [0.1, 0.15) is 11.5 Å². The van der Waals surface area contributed by atoms with E-state index in [0.29, 0.717) is 17.7 Å². The summed E-state index contributed by atoms with van der Waals surface area (Å²) < 4.78 is 0. The van der Waals surface area contributed by atoms with Gasteiger partial charge in [0.25, 0.3) is 5.91 Å². The van der Waals surface area contributed by atoms with Gasteiger partial charge in [0.2, 0.25) is 0 Å². The van der Waals surface area contributed by atoms with Crippen molar-refractivity contribution in [3.63, 3.8) is 0 Å². The van der Waals surface area contributed by atoms with Gasteiger partial charge in [-0.25, -0.2) is 9.97 Å². The Hall–Kier alpha value is -2.73. The van der Waals surface area contributed by atoms with Crippen molar-refractivity contribution in [2.24, 2.45) is 5.41 Å². The lowest BCUT2D eigenvalue weighted by Crippen LogP contribution is -2.50. The van der Waals surface area contributed by atoms with Crippen LogP contribution in [-0.2, 0) is 0 Å². The summed E-state index contributed by atoms with van der Waals surface area (Å²) in [6.45, 7) is 5.49. The van der Waals surface area contributed by atoms with E-state index >= 15 is 0 Å². The maximum absolute atomic E-state index is 13.7. The van der Waals surface area contributed by atoms with Crippen LogP contribution in [0.1, 0.15) is 46.9 Å². The molecule has 1 aromatic carbocycles. The van der Waals surface area contributed by atoms with E-state index in [0.717, 1.165) is 46.3 Å². The van der Waals surface area contributed by atoms with E-state index in [4.69, 9.17) is 0 Å². The fourth-order valence-electron chi connectivity index (χ4n) is 4.69. The van der Waals surface area contributed by atoms with E-state index in [1.807, 2.05) is 50.2 Å². The number of thiazole rings is 1. The van der Waals surface area contributed by atoms with Gasteiger partial charge in [0.05, 0.1) is 9.88 Å². The molecule has 1 saturated heterocycles. The molecule has 0 radical (unpaired) electrons. The molecule has 3 heterocycles. The molecule has 2 aromatic heterocycles. The van der Waals surface area contributed by atoms with Gasteiger partial charge >= 0.3 is 0 Å². The quantitative estimate of drug-likeness (QED) is 0.593. The number of aromatic nitrogens is 2. The molecule has 1 aliphatic heterocycles. The highest BCUT2D eigenvalue weighted by Gasteiger charge is 2.49. The first kappa shape index (κ1) is 20.2. The van der Waals surface area contributed by atoms with E-state index in [1.54, 1.807) is 11.3 Å². The predicted molar refractivity (Wildman–Crippen MR) is 125 cm³/mol. The molecule has 1 amide bonds. The average Bonchev–Trinajstić information content (AvgIpc) is 3.41. The molecule has 2 aliphatic rings. The van der Waals surface area contributed by atoms with Crippen molar-refractivity contribution >= 4 is 23.1 Å². The molecule has 0 bridgehead atoms. The van der Waals surface area contributed by atoms with Crippen LogP contribution in [0.25, 0.3) is 10.4 Å². The molecule has 31 heavy (non-hydrogen) atoms. The zero-order chi connectivity index (χ0) is 21.4. The minimum absolute atomic E-state index is 0.0581. The second-order valence-electron chi connectivity index (χ2n) is 8.93. The minimum atomic E-state index is 0.0581. The fraction of sp³-hybridized carbons (Fsp3) is 0.400. The summed E-state index contributed by atoms with van der Waals surface area (Å²) in [6.07, 6.45) is 4.74. The lowest BCUT2D eigenvalue weighted by Gasteiger charge is -2.40. The summed E-state index contributed by atoms with van der Waals surface area (Å²) in [7, 11) is 0. The second-order valence-corrected chi connectivity index (χ2v) is 10.1. The molecule has 1 atom stereocenters. The number of hydrogen-bond acceptors (Lipinski definition) is 5. The van der Waals surface area contributed by atoms with Crippen molar-refractivity contribution in [3.8, 4) is 10.4 Å². The van der Waals surface area contributed by atoms with Crippen LogP contribution in [0.3, 0.4) is 0 Å². The van der Waals surface area contributed by atoms with E-state index in [9.17, 15) is 4.79 Å². The van der Waals surface area contributed by atoms with Crippen LogP contribution in [0.4, 0.5) is 5.82 Å². The molecule has 2 fully saturated rings. The summed E-state index contributed by atoms with van der Waals surface area (Å²) in [5, 5.41) is 4.41. The van der Waals surface area contributed by atoms with Gasteiger partial charge in [-0.3, -0.25) is 4.79 Å². The van der Waals surface area contributed by atoms with Gasteiger partial charge < -0.3 is 10.2 Å². The number of likely N-dealkylation sites (tertiary alicyclic amines) is 1. The number of anilines is 1. The van der Waals surface area contributed by atoms with Gasteiger partial charge in [0, 0.05) is 24.8 Å². The van der Waals surface area contributed by atoms with Crippen LogP contribution in [0.5, 0.6) is 0 Å². The number of carbonyl (C=O) groups excluding carboxylic acids is 1. The Labute approximate surface area is 187 Å². The number of aryl methyl sites for hydroxylation is 2.